The second-order valence-electron chi connectivity index (χ2n) is 3.08. The number of hydrogen-bond acceptors (Lipinski definition) is 2. The van der Waals surface area contributed by atoms with Gasteiger partial charge in [-0.15, -0.1) is 0 Å². The quantitative estimate of drug-likeness (QED) is 0.922. The number of nitrogens with zero attached hydrogens (tertiary/aromatic N) is 2. The highest BCUT2D eigenvalue weighted by Gasteiger charge is 2.05. The Morgan fingerprint density at radius 3 is 2.87 bits per heavy atom. The van der Waals surface area contributed by atoms with Crippen LogP contribution in [0.4, 0.5) is 0 Å². The van der Waals surface area contributed by atoms with Crippen LogP contribution in [-0.4, -0.2) is 9.78 Å². The molecule has 78 valence electrons. The van der Waals surface area contributed by atoms with Crippen LogP contribution in [0.3, 0.4) is 0 Å². The van der Waals surface area contributed by atoms with E-state index in [1.54, 1.807) is 10.9 Å². The Kier molecular flexibility index (Phi) is 3.09. The molecule has 0 aliphatic heterocycles. The zero-order valence-corrected chi connectivity index (χ0v) is 10.2. The summed E-state index contributed by atoms with van der Waals surface area (Å²) >= 11 is 9.24. The Labute approximate surface area is 101 Å². The minimum atomic E-state index is 0.438. The van der Waals surface area contributed by atoms with Crippen molar-refractivity contribution in [3.05, 3.63) is 45.7 Å². The molecule has 0 spiro atoms. The van der Waals surface area contributed by atoms with E-state index in [9.17, 15) is 0 Å². The summed E-state index contributed by atoms with van der Waals surface area (Å²) in [6.45, 7) is 0.438. The van der Waals surface area contributed by atoms with Gasteiger partial charge in [-0.25, -0.2) is 4.68 Å². The number of rotatable bonds is 2. The second kappa shape index (κ2) is 4.35. The van der Waals surface area contributed by atoms with Crippen LogP contribution in [-0.2, 0) is 6.54 Å². The van der Waals surface area contributed by atoms with Gasteiger partial charge < -0.3 is 5.73 Å². The average Bonchev–Trinajstić information content (AvgIpc) is 2.64. The van der Waals surface area contributed by atoms with Gasteiger partial charge >= 0.3 is 0 Å². The van der Waals surface area contributed by atoms with Crippen molar-refractivity contribution in [2.24, 2.45) is 5.73 Å². The van der Waals surface area contributed by atoms with Crippen molar-refractivity contribution in [3.63, 3.8) is 0 Å². The zero-order chi connectivity index (χ0) is 10.8. The highest BCUT2D eigenvalue weighted by molar-refractivity contribution is 9.10. The Morgan fingerprint density at radius 2 is 2.27 bits per heavy atom. The molecule has 0 radical (unpaired) electrons. The molecule has 0 saturated heterocycles. The third-order valence-corrected chi connectivity index (χ3v) is 2.70. The first kappa shape index (κ1) is 10.7. The van der Waals surface area contributed by atoms with Gasteiger partial charge in [0.15, 0.2) is 0 Å². The van der Waals surface area contributed by atoms with Crippen LogP contribution in [0.15, 0.2) is 35.1 Å². The van der Waals surface area contributed by atoms with Gasteiger partial charge in [0.1, 0.15) is 0 Å². The fourth-order valence-corrected chi connectivity index (χ4v) is 1.85. The van der Waals surface area contributed by atoms with E-state index >= 15 is 0 Å². The highest BCUT2D eigenvalue weighted by atomic mass is 79.9. The minimum Gasteiger partial charge on any atom is -0.326 e. The third-order valence-electron chi connectivity index (χ3n) is 2.06. The molecule has 0 aliphatic rings. The van der Waals surface area contributed by atoms with E-state index in [1.165, 1.54) is 0 Å². The zero-order valence-electron chi connectivity index (χ0n) is 7.82. The molecular formula is C10H9BrClN3. The third kappa shape index (κ3) is 2.22. The van der Waals surface area contributed by atoms with Crippen LogP contribution in [0, 0.1) is 0 Å². The number of benzene rings is 1. The SMILES string of the molecule is NCc1cc(Cl)ccc1-n1cc(Br)cn1. The van der Waals surface area contributed by atoms with Gasteiger partial charge in [0.05, 0.1) is 16.4 Å². The van der Waals surface area contributed by atoms with Gasteiger partial charge in [-0.2, -0.15) is 5.10 Å². The molecule has 2 N–H and O–H groups in total. The lowest BCUT2D eigenvalue weighted by molar-refractivity contribution is 0.858. The normalized spacial score (nSPS) is 10.6. The van der Waals surface area contributed by atoms with Crippen LogP contribution in [0.25, 0.3) is 5.69 Å². The van der Waals surface area contributed by atoms with Crippen LogP contribution >= 0.6 is 27.5 Å². The summed E-state index contributed by atoms with van der Waals surface area (Å²) in [6.07, 6.45) is 3.61. The monoisotopic (exact) mass is 285 g/mol. The lowest BCUT2D eigenvalue weighted by Crippen LogP contribution is -2.04. The van der Waals surface area contributed by atoms with Crippen LogP contribution in [0.2, 0.25) is 5.02 Å². The number of aromatic nitrogens is 2. The van der Waals surface area contributed by atoms with Gasteiger partial charge in [-0.3, -0.25) is 0 Å². The maximum Gasteiger partial charge on any atom is 0.0691 e. The molecule has 2 rings (SSSR count). The molecule has 0 bridgehead atoms. The molecule has 1 aromatic heterocycles. The van der Waals surface area contributed by atoms with Crippen LogP contribution in [0.1, 0.15) is 5.56 Å². The molecule has 0 saturated carbocycles. The molecule has 1 aromatic carbocycles. The predicted octanol–water partition coefficient (Wildman–Crippen LogP) is 2.75. The topological polar surface area (TPSA) is 43.8 Å². The highest BCUT2D eigenvalue weighted by Crippen LogP contribution is 2.20. The van der Waals surface area contributed by atoms with Crippen LogP contribution < -0.4 is 5.73 Å². The fourth-order valence-electron chi connectivity index (χ4n) is 1.37. The van der Waals surface area contributed by atoms with E-state index in [-0.39, 0.29) is 0 Å². The van der Waals surface area contributed by atoms with Gasteiger partial charge in [-0.05, 0) is 39.7 Å². The maximum atomic E-state index is 5.89. The number of nitrogens with two attached hydrogens (primary N) is 1. The number of halogens is 2. The Bertz CT molecular complexity index is 481. The summed E-state index contributed by atoms with van der Waals surface area (Å²) < 4.78 is 2.70. The van der Waals surface area contributed by atoms with Crippen molar-refractivity contribution < 1.29 is 0 Å². The van der Waals surface area contributed by atoms with Gasteiger partial charge in [0.25, 0.3) is 0 Å². The fraction of sp³-hybridized carbons (Fsp3) is 0.100. The smallest absolute Gasteiger partial charge is 0.0691 e. The summed E-state index contributed by atoms with van der Waals surface area (Å²) in [5.41, 5.74) is 7.57. The minimum absolute atomic E-state index is 0.438. The van der Waals surface area contributed by atoms with E-state index in [4.69, 9.17) is 17.3 Å². The molecule has 0 amide bonds. The van der Waals surface area contributed by atoms with Gasteiger partial charge in [0.2, 0.25) is 0 Å². The molecule has 0 atom stereocenters. The molecule has 2 aromatic rings. The van der Waals surface area contributed by atoms with Crippen molar-refractivity contribution in [2.75, 3.05) is 0 Å². The van der Waals surface area contributed by atoms with Gasteiger partial charge in [0, 0.05) is 17.8 Å². The molecule has 15 heavy (non-hydrogen) atoms. The van der Waals surface area contributed by atoms with Crippen molar-refractivity contribution in [2.45, 2.75) is 6.54 Å². The van der Waals surface area contributed by atoms with E-state index in [1.807, 2.05) is 24.4 Å². The van der Waals surface area contributed by atoms with Crippen molar-refractivity contribution in [1.82, 2.24) is 9.78 Å². The molecule has 0 fully saturated rings. The second-order valence-corrected chi connectivity index (χ2v) is 4.43. The molecule has 5 heteroatoms. The molecule has 3 nitrogen and oxygen atoms in total. The molecule has 1 heterocycles. The summed E-state index contributed by atoms with van der Waals surface area (Å²) in [4.78, 5) is 0. The summed E-state index contributed by atoms with van der Waals surface area (Å²) in [7, 11) is 0. The Hall–Kier alpha value is -0.840. The van der Waals surface area contributed by atoms with Crippen LogP contribution in [0.5, 0.6) is 0 Å². The van der Waals surface area contributed by atoms with E-state index in [2.05, 4.69) is 21.0 Å². The lowest BCUT2D eigenvalue weighted by atomic mass is 10.2. The summed E-state index contributed by atoms with van der Waals surface area (Å²) in [5.74, 6) is 0. The first-order valence-corrected chi connectivity index (χ1v) is 5.57. The predicted molar refractivity (Wildman–Crippen MR) is 64.2 cm³/mol. The maximum absolute atomic E-state index is 5.89. The van der Waals surface area contributed by atoms with Gasteiger partial charge in [-0.1, -0.05) is 11.6 Å². The van der Waals surface area contributed by atoms with Crippen molar-refractivity contribution in [1.29, 1.82) is 0 Å². The standard InChI is InChI=1S/C10H9BrClN3/c11-8-5-14-15(6-8)10-2-1-9(12)3-7(10)4-13/h1-3,5-6H,4,13H2. The van der Waals surface area contributed by atoms with Crippen molar-refractivity contribution >= 4 is 27.5 Å². The summed E-state index contributed by atoms with van der Waals surface area (Å²) in [6, 6.07) is 5.59. The van der Waals surface area contributed by atoms with E-state index < -0.39 is 0 Å². The first-order chi connectivity index (χ1) is 7.20. The van der Waals surface area contributed by atoms with E-state index in [0.29, 0.717) is 11.6 Å². The lowest BCUT2D eigenvalue weighted by Gasteiger charge is -2.07. The van der Waals surface area contributed by atoms with Crippen molar-refractivity contribution in [3.8, 4) is 5.69 Å². The number of hydrogen-bond donors (Lipinski definition) is 1. The molecule has 0 aliphatic carbocycles. The summed E-state index contributed by atoms with van der Waals surface area (Å²) in [5, 5.41) is 4.88. The average molecular weight is 287 g/mol. The molecule has 0 unspecified atom stereocenters. The first-order valence-electron chi connectivity index (χ1n) is 4.40. The molecular weight excluding hydrogens is 277 g/mol. The Morgan fingerprint density at radius 1 is 1.47 bits per heavy atom. The largest absolute Gasteiger partial charge is 0.326 e. The van der Waals surface area contributed by atoms with E-state index in [0.717, 1.165) is 15.7 Å². The Balaban J connectivity index is 2.52.